The van der Waals surface area contributed by atoms with Crippen LogP contribution in [0.5, 0.6) is 0 Å². The van der Waals surface area contributed by atoms with Crippen LogP contribution in [0.3, 0.4) is 0 Å². The van der Waals surface area contributed by atoms with Crippen molar-refractivity contribution < 1.29 is 4.42 Å². The fraction of sp³-hybridized carbons (Fsp3) is 0.375. The van der Waals surface area contributed by atoms with Crippen molar-refractivity contribution in [3.05, 3.63) is 59.0 Å². The summed E-state index contributed by atoms with van der Waals surface area (Å²) >= 11 is 0. The van der Waals surface area contributed by atoms with Crippen LogP contribution in [0.2, 0.25) is 0 Å². The lowest BCUT2D eigenvalue weighted by molar-refractivity contribution is 0.482. The summed E-state index contributed by atoms with van der Waals surface area (Å²) in [5.74, 6) is 1.91. The van der Waals surface area contributed by atoms with Gasteiger partial charge in [-0.05, 0) is 38.3 Å². The van der Waals surface area contributed by atoms with Crippen molar-refractivity contribution in [2.45, 2.75) is 38.1 Å². The minimum Gasteiger partial charge on any atom is -0.466 e. The first-order valence-electron chi connectivity index (χ1n) is 6.51. The molecule has 1 saturated carbocycles. The summed E-state index contributed by atoms with van der Waals surface area (Å²) in [4.78, 5) is 0. The standard InChI is InChI=1S/C16H19NO/c1-11-10-14(12(2)18-11)15(17)16(8-9-16)13-6-4-3-5-7-13/h3-7,10,15H,8-9,17H2,1-2H3. The van der Waals surface area contributed by atoms with E-state index in [0.29, 0.717) is 0 Å². The van der Waals surface area contributed by atoms with Crippen molar-refractivity contribution in [2.75, 3.05) is 0 Å². The summed E-state index contributed by atoms with van der Waals surface area (Å²) in [5, 5.41) is 0. The number of benzene rings is 1. The van der Waals surface area contributed by atoms with Gasteiger partial charge in [-0.25, -0.2) is 0 Å². The van der Waals surface area contributed by atoms with Crippen LogP contribution in [0.1, 0.15) is 41.5 Å². The lowest BCUT2D eigenvalue weighted by Gasteiger charge is -2.23. The molecule has 0 bridgehead atoms. The van der Waals surface area contributed by atoms with Crippen molar-refractivity contribution in [1.29, 1.82) is 0 Å². The van der Waals surface area contributed by atoms with E-state index in [0.717, 1.165) is 17.1 Å². The average Bonchev–Trinajstić information content (AvgIpc) is 3.11. The molecule has 0 amide bonds. The Morgan fingerprint density at radius 2 is 1.83 bits per heavy atom. The average molecular weight is 241 g/mol. The highest BCUT2D eigenvalue weighted by Gasteiger charge is 2.50. The molecule has 18 heavy (non-hydrogen) atoms. The summed E-state index contributed by atoms with van der Waals surface area (Å²) in [6.45, 7) is 3.98. The Balaban J connectivity index is 1.98. The van der Waals surface area contributed by atoms with Crippen molar-refractivity contribution in [1.82, 2.24) is 0 Å². The van der Waals surface area contributed by atoms with Gasteiger partial charge in [-0.3, -0.25) is 0 Å². The predicted octanol–water partition coefficient (Wildman–Crippen LogP) is 3.63. The maximum atomic E-state index is 6.52. The normalized spacial score (nSPS) is 18.6. The van der Waals surface area contributed by atoms with Crippen LogP contribution in [0.25, 0.3) is 0 Å². The fourth-order valence-corrected chi connectivity index (χ4v) is 2.94. The van der Waals surface area contributed by atoms with Gasteiger partial charge in [0.1, 0.15) is 11.5 Å². The molecular formula is C16H19NO. The van der Waals surface area contributed by atoms with Crippen molar-refractivity contribution in [2.24, 2.45) is 5.73 Å². The van der Waals surface area contributed by atoms with Gasteiger partial charge >= 0.3 is 0 Å². The molecule has 1 fully saturated rings. The van der Waals surface area contributed by atoms with Gasteiger partial charge in [-0.2, -0.15) is 0 Å². The maximum Gasteiger partial charge on any atom is 0.105 e. The van der Waals surface area contributed by atoms with E-state index < -0.39 is 0 Å². The highest BCUT2D eigenvalue weighted by atomic mass is 16.3. The van der Waals surface area contributed by atoms with Crippen LogP contribution in [0.15, 0.2) is 40.8 Å². The van der Waals surface area contributed by atoms with E-state index in [4.69, 9.17) is 10.2 Å². The summed E-state index contributed by atoms with van der Waals surface area (Å²) < 4.78 is 5.61. The Hall–Kier alpha value is -1.54. The number of aryl methyl sites for hydroxylation is 2. The first-order chi connectivity index (χ1) is 8.63. The molecule has 0 saturated heterocycles. The molecule has 2 nitrogen and oxygen atoms in total. The zero-order chi connectivity index (χ0) is 12.8. The maximum absolute atomic E-state index is 6.52. The van der Waals surface area contributed by atoms with Gasteiger partial charge < -0.3 is 10.2 Å². The molecule has 0 spiro atoms. The largest absolute Gasteiger partial charge is 0.466 e. The summed E-state index contributed by atoms with van der Waals surface area (Å²) in [6, 6.07) is 12.7. The highest BCUT2D eigenvalue weighted by molar-refractivity contribution is 5.39. The second-order valence-electron chi connectivity index (χ2n) is 5.37. The number of hydrogen-bond donors (Lipinski definition) is 1. The molecule has 0 radical (unpaired) electrons. The Morgan fingerprint density at radius 3 is 2.33 bits per heavy atom. The molecule has 0 aliphatic heterocycles. The molecule has 3 rings (SSSR count). The van der Waals surface area contributed by atoms with E-state index in [1.54, 1.807) is 0 Å². The quantitative estimate of drug-likeness (QED) is 0.891. The van der Waals surface area contributed by atoms with Crippen LogP contribution < -0.4 is 5.73 Å². The number of nitrogens with two attached hydrogens (primary N) is 1. The van der Waals surface area contributed by atoms with Gasteiger partial charge in [0.15, 0.2) is 0 Å². The van der Waals surface area contributed by atoms with Crippen LogP contribution in [0.4, 0.5) is 0 Å². The molecule has 1 aromatic heterocycles. The van der Waals surface area contributed by atoms with Crippen molar-refractivity contribution >= 4 is 0 Å². The monoisotopic (exact) mass is 241 g/mol. The molecule has 1 aliphatic rings. The van der Waals surface area contributed by atoms with Crippen LogP contribution in [-0.2, 0) is 5.41 Å². The van der Waals surface area contributed by atoms with Crippen molar-refractivity contribution in [3.8, 4) is 0 Å². The Bertz CT molecular complexity index is 552. The molecule has 1 unspecified atom stereocenters. The zero-order valence-corrected chi connectivity index (χ0v) is 10.9. The first-order valence-corrected chi connectivity index (χ1v) is 6.51. The summed E-state index contributed by atoms with van der Waals surface area (Å²) in [7, 11) is 0. The third-order valence-corrected chi connectivity index (χ3v) is 4.15. The molecule has 2 heteroatoms. The second kappa shape index (κ2) is 3.99. The fourth-order valence-electron chi connectivity index (χ4n) is 2.94. The lowest BCUT2D eigenvalue weighted by atomic mass is 9.84. The highest BCUT2D eigenvalue weighted by Crippen LogP contribution is 2.56. The lowest BCUT2D eigenvalue weighted by Crippen LogP contribution is -2.26. The number of furan rings is 1. The third-order valence-electron chi connectivity index (χ3n) is 4.15. The summed E-state index contributed by atoms with van der Waals surface area (Å²) in [6.07, 6.45) is 2.34. The molecular weight excluding hydrogens is 222 g/mol. The molecule has 1 aromatic carbocycles. The van der Waals surface area contributed by atoms with Crippen molar-refractivity contribution in [3.63, 3.8) is 0 Å². The van der Waals surface area contributed by atoms with E-state index in [1.165, 1.54) is 18.4 Å². The van der Waals surface area contributed by atoms with Gasteiger partial charge in [0.25, 0.3) is 0 Å². The van der Waals surface area contributed by atoms with E-state index in [-0.39, 0.29) is 11.5 Å². The van der Waals surface area contributed by atoms with Gasteiger partial charge in [-0.15, -0.1) is 0 Å². The minimum atomic E-state index is 0.0392. The van der Waals surface area contributed by atoms with E-state index in [1.807, 2.05) is 13.8 Å². The van der Waals surface area contributed by atoms with Gasteiger partial charge in [-0.1, -0.05) is 30.3 Å². The van der Waals surface area contributed by atoms with Crippen LogP contribution in [-0.4, -0.2) is 0 Å². The first kappa shape index (κ1) is 11.5. The van der Waals surface area contributed by atoms with Crippen LogP contribution >= 0.6 is 0 Å². The molecule has 94 valence electrons. The molecule has 1 atom stereocenters. The van der Waals surface area contributed by atoms with E-state index in [9.17, 15) is 0 Å². The summed E-state index contributed by atoms with van der Waals surface area (Å²) in [5.41, 5.74) is 9.17. The molecule has 1 aliphatic carbocycles. The third kappa shape index (κ3) is 1.68. The molecule has 2 N–H and O–H groups in total. The second-order valence-corrected chi connectivity index (χ2v) is 5.37. The topological polar surface area (TPSA) is 39.2 Å². The zero-order valence-electron chi connectivity index (χ0n) is 10.9. The van der Waals surface area contributed by atoms with Gasteiger partial charge in [0.2, 0.25) is 0 Å². The van der Waals surface area contributed by atoms with Crippen LogP contribution in [0, 0.1) is 13.8 Å². The van der Waals surface area contributed by atoms with E-state index >= 15 is 0 Å². The molecule has 1 heterocycles. The van der Waals surface area contributed by atoms with Gasteiger partial charge in [0.05, 0.1) is 0 Å². The molecule has 2 aromatic rings. The number of hydrogen-bond acceptors (Lipinski definition) is 2. The van der Waals surface area contributed by atoms with Gasteiger partial charge in [0, 0.05) is 17.0 Å². The Morgan fingerprint density at radius 1 is 1.17 bits per heavy atom. The Kier molecular flexibility index (Phi) is 2.56. The predicted molar refractivity (Wildman–Crippen MR) is 72.5 cm³/mol. The smallest absolute Gasteiger partial charge is 0.105 e. The SMILES string of the molecule is Cc1cc(C(N)C2(c3ccccc3)CC2)c(C)o1. The van der Waals surface area contributed by atoms with E-state index in [2.05, 4.69) is 36.4 Å². The minimum absolute atomic E-state index is 0.0392. The Labute approximate surface area is 108 Å². The number of rotatable bonds is 3.